The normalized spacial score (nSPS) is 11.6. The van der Waals surface area contributed by atoms with Crippen molar-refractivity contribution in [3.63, 3.8) is 0 Å². The molecule has 0 unspecified atom stereocenters. The molecule has 0 aliphatic carbocycles. The summed E-state index contributed by atoms with van der Waals surface area (Å²) < 4.78 is 54.7. The third-order valence-electron chi connectivity index (χ3n) is 7.16. The lowest BCUT2D eigenvalue weighted by atomic mass is 10.1. The van der Waals surface area contributed by atoms with Crippen LogP contribution in [-0.4, -0.2) is 27.2 Å². The first-order valence-electron chi connectivity index (χ1n) is 14.2. The molecular weight excluding hydrogens is 586 g/mol. The predicted molar refractivity (Wildman–Crippen MR) is 164 cm³/mol. The molecule has 226 valence electrons. The van der Waals surface area contributed by atoms with Crippen molar-refractivity contribution >= 4 is 17.2 Å². The molecule has 0 aliphatic rings. The van der Waals surface area contributed by atoms with Crippen molar-refractivity contribution in [3.8, 4) is 0 Å². The van der Waals surface area contributed by atoms with E-state index in [4.69, 9.17) is 0 Å². The van der Waals surface area contributed by atoms with E-state index >= 15 is 0 Å². The van der Waals surface area contributed by atoms with E-state index in [2.05, 4.69) is 4.98 Å². The van der Waals surface area contributed by atoms with Gasteiger partial charge in [-0.15, -0.1) is 11.3 Å². The Bertz CT molecular complexity index is 1660. The van der Waals surface area contributed by atoms with Crippen LogP contribution in [0.3, 0.4) is 0 Å². The van der Waals surface area contributed by atoms with Gasteiger partial charge < -0.3 is 4.90 Å². The summed E-state index contributed by atoms with van der Waals surface area (Å²) in [5, 5.41) is 2.32. The molecule has 0 spiro atoms. The third-order valence-corrected chi connectivity index (χ3v) is 7.99. The van der Waals surface area contributed by atoms with Crippen LogP contribution in [0.25, 0.3) is 0 Å². The SMILES string of the molecule is O=C(c1csc(CN(Cc2cccc(C(F)(F)F)c2)Cc2ccccc2F)n1)N(CCc1ccccc1)Cc1ccccc1. The first kappa shape index (κ1) is 31.1. The minimum atomic E-state index is -4.47. The Balaban J connectivity index is 1.35. The minimum Gasteiger partial charge on any atom is -0.333 e. The van der Waals surface area contributed by atoms with E-state index in [1.807, 2.05) is 65.6 Å². The van der Waals surface area contributed by atoms with Gasteiger partial charge in [0.2, 0.25) is 0 Å². The van der Waals surface area contributed by atoms with E-state index in [0.717, 1.165) is 23.3 Å². The highest BCUT2D eigenvalue weighted by molar-refractivity contribution is 7.09. The molecule has 0 saturated heterocycles. The van der Waals surface area contributed by atoms with Gasteiger partial charge in [-0.05, 0) is 35.2 Å². The predicted octanol–water partition coefficient (Wildman–Crippen LogP) is 8.39. The van der Waals surface area contributed by atoms with Crippen LogP contribution in [0.5, 0.6) is 0 Å². The van der Waals surface area contributed by atoms with Gasteiger partial charge in [-0.2, -0.15) is 13.2 Å². The van der Waals surface area contributed by atoms with Crippen LogP contribution in [0, 0.1) is 5.82 Å². The number of amides is 1. The maximum atomic E-state index is 14.6. The second-order valence-corrected chi connectivity index (χ2v) is 11.5. The fourth-order valence-electron chi connectivity index (χ4n) is 4.94. The number of aromatic nitrogens is 1. The second-order valence-electron chi connectivity index (χ2n) is 10.5. The number of hydrogen-bond acceptors (Lipinski definition) is 4. The first-order chi connectivity index (χ1) is 21.2. The lowest BCUT2D eigenvalue weighted by Crippen LogP contribution is -2.33. The number of nitrogens with zero attached hydrogens (tertiary/aromatic N) is 3. The number of carbonyl (C=O) groups is 1. The summed E-state index contributed by atoms with van der Waals surface area (Å²) in [4.78, 5) is 22.0. The van der Waals surface area contributed by atoms with E-state index in [9.17, 15) is 22.4 Å². The van der Waals surface area contributed by atoms with Crippen molar-refractivity contribution in [3.05, 3.63) is 159 Å². The Labute approximate surface area is 258 Å². The maximum absolute atomic E-state index is 14.6. The zero-order valence-corrected chi connectivity index (χ0v) is 24.7. The molecule has 0 bridgehead atoms. The van der Waals surface area contributed by atoms with E-state index in [0.29, 0.717) is 41.3 Å². The summed E-state index contributed by atoms with van der Waals surface area (Å²) in [6.45, 7) is 1.44. The summed E-state index contributed by atoms with van der Waals surface area (Å²) in [5.41, 5.74) is 2.55. The zero-order chi connectivity index (χ0) is 30.9. The van der Waals surface area contributed by atoms with Crippen LogP contribution in [0.2, 0.25) is 0 Å². The van der Waals surface area contributed by atoms with Crippen LogP contribution in [0.15, 0.2) is 115 Å². The lowest BCUT2D eigenvalue weighted by Gasteiger charge is -2.23. The fraction of sp³-hybridized carbons (Fsp3) is 0.200. The largest absolute Gasteiger partial charge is 0.416 e. The van der Waals surface area contributed by atoms with Gasteiger partial charge in [0.25, 0.3) is 5.91 Å². The van der Waals surface area contributed by atoms with Crippen molar-refractivity contribution in [2.24, 2.45) is 0 Å². The van der Waals surface area contributed by atoms with Crippen LogP contribution in [-0.2, 0) is 38.8 Å². The van der Waals surface area contributed by atoms with Crippen molar-refractivity contribution in [2.45, 2.75) is 38.8 Å². The lowest BCUT2D eigenvalue weighted by molar-refractivity contribution is -0.137. The number of rotatable bonds is 12. The Morgan fingerprint density at radius 1 is 0.727 bits per heavy atom. The number of halogens is 4. The number of benzene rings is 4. The Kier molecular flexibility index (Phi) is 10.2. The summed E-state index contributed by atoms with van der Waals surface area (Å²) in [7, 11) is 0. The molecule has 9 heteroatoms. The molecule has 0 N–H and O–H groups in total. The van der Waals surface area contributed by atoms with Crippen LogP contribution in [0.1, 0.15) is 43.3 Å². The molecule has 1 heterocycles. The van der Waals surface area contributed by atoms with Crippen molar-refractivity contribution < 1.29 is 22.4 Å². The number of carbonyl (C=O) groups excluding carboxylic acids is 1. The Hall–Kier alpha value is -4.34. The molecule has 1 amide bonds. The van der Waals surface area contributed by atoms with Gasteiger partial charge in [-0.3, -0.25) is 9.69 Å². The smallest absolute Gasteiger partial charge is 0.333 e. The number of alkyl halides is 3. The molecule has 4 nitrogen and oxygen atoms in total. The Morgan fingerprint density at radius 3 is 2.09 bits per heavy atom. The topological polar surface area (TPSA) is 36.4 Å². The standard InChI is InChI=1S/C35H31F4N3OS/c36-31-17-8-7-15-29(31)23-41(21-28-14-9-16-30(20-28)35(37,38)39)24-33-40-32(25-44-33)34(43)42(22-27-12-5-2-6-13-27)19-18-26-10-3-1-4-11-26/h1-17,20,25H,18-19,21-24H2. The highest BCUT2D eigenvalue weighted by atomic mass is 32.1. The molecule has 5 aromatic rings. The van der Waals surface area contributed by atoms with E-state index in [-0.39, 0.29) is 25.5 Å². The number of thiazole rings is 1. The van der Waals surface area contributed by atoms with Crippen LogP contribution in [0.4, 0.5) is 17.6 Å². The molecule has 0 fully saturated rings. The molecular formula is C35H31F4N3OS. The van der Waals surface area contributed by atoms with Gasteiger partial charge in [0.15, 0.2) is 0 Å². The summed E-state index contributed by atoms with van der Waals surface area (Å²) in [6.07, 6.45) is -3.78. The van der Waals surface area contributed by atoms with E-state index < -0.39 is 17.6 Å². The highest BCUT2D eigenvalue weighted by Gasteiger charge is 2.30. The monoisotopic (exact) mass is 617 g/mol. The molecule has 1 aromatic heterocycles. The van der Waals surface area contributed by atoms with Crippen molar-refractivity contribution in [1.29, 1.82) is 0 Å². The zero-order valence-electron chi connectivity index (χ0n) is 23.9. The molecule has 0 saturated carbocycles. The average molecular weight is 618 g/mol. The van der Waals surface area contributed by atoms with Crippen LogP contribution < -0.4 is 0 Å². The van der Waals surface area contributed by atoms with Crippen molar-refractivity contribution in [2.75, 3.05) is 6.54 Å². The quantitative estimate of drug-likeness (QED) is 0.132. The highest BCUT2D eigenvalue weighted by Crippen LogP contribution is 2.30. The first-order valence-corrected chi connectivity index (χ1v) is 15.1. The molecule has 5 rings (SSSR count). The summed E-state index contributed by atoms with van der Waals surface area (Å²) in [6, 6.07) is 31.2. The molecule has 44 heavy (non-hydrogen) atoms. The Morgan fingerprint density at radius 2 is 1.39 bits per heavy atom. The molecule has 0 radical (unpaired) electrons. The molecule has 4 aromatic carbocycles. The fourth-order valence-corrected chi connectivity index (χ4v) is 5.75. The van der Waals surface area contributed by atoms with Gasteiger partial charge in [0.05, 0.1) is 12.1 Å². The molecule has 0 atom stereocenters. The molecule has 0 aliphatic heterocycles. The second kappa shape index (κ2) is 14.4. The van der Waals surface area contributed by atoms with Gasteiger partial charge in [-0.25, -0.2) is 9.37 Å². The van der Waals surface area contributed by atoms with Gasteiger partial charge in [0.1, 0.15) is 16.5 Å². The maximum Gasteiger partial charge on any atom is 0.416 e. The van der Waals surface area contributed by atoms with E-state index in [1.165, 1.54) is 23.5 Å². The van der Waals surface area contributed by atoms with Crippen LogP contribution >= 0.6 is 11.3 Å². The van der Waals surface area contributed by atoms with Crippen molar-refractivity contribution in [1.82, 2.24) is 14.8 Å². The van der Waals surface area contributed by atoms with Gasteiger partial charge in [-0.1, -0.05) is 97.1 Å². The van der Waals surface area contributed by atoms with E-state index in [1.54, 1.807) is 34.5 Å². The summed E-state index contributed by atoms with van der Waals surface area (Å²) in [5.74, 6) is -0.600. The number of hydrogen-bond donors (Lipinski definition) is 0. The third kappa shape index (κ3) is 8.61. The minimum absolute atomic E-state index is 0.137. The van der Waals surface area contributed by atoms with Gasteiger partial charge >= 0.3 is 6.18 Å². The average Bonchev–Trinajstić information content (AvgIpc) is 3.49. The summed E-state index contributed by atoms with van der Waals surface area (Å²) >= 11 is 1.30. The van der Waals surface area contributed by atoms with Gasteiger partial charge in [0, 0.05) is 37.1 Å².